The molecule has 0 N–H and O–H groups in total. The molecule has 0 bridgehead atoms. The zero-order valence-electron chi connectivity index (χ0n) is 21.6. The molecule has 1 aromatic heterocycles. The second-order valence-electron chi connectivity index (χ2n) is 8.46. The van der Waals surface area contributed by atoms with Gasteiger partial charge in [-0.3, -0.25) is 9.36 Å². The van der Waals surface area contributed by atoms with Gasteiger partial charge in [0.15, 0.2) is 16.3 Å². The number of thiazole rings is 1. The van der Waals surface area contributed by atoms with Crippen molar-refractivity contribution >= 4 is 23.4 Å². The quantitative estimate of drug-likeness (QED) is 0.315. The molecule has 0 spiro atoms. The van der Waals surface area contributed by atoms with Gasteiger partial charge in [0.05, 0.1) is 49.8 Å². The fourth-order valence-electron chi connectivity index (χ4n) is 4.18. The third-order valence-electron chi connectivity index (χ3n) is 6.09. The van der Waals surface area contributed by atoms with E-state index in [4.69, 9.17) is 18.9 Å². The Morgan fingerprint density at radius 1 is 1.08 bits per heavy atom. The van der Waals surface area contributed by atoms with Crippen LogP contribution in [0.4, 0.5) is 0 Å². The van der Waals surface area contributed by atoms with Crippen molar-refractivity contribution in [3.63, 3.8) is 0 Å². The number of hydrogen-bond donors (Lipinski definition) is 0. The summed E-state index contributed by atoms with van der Waals surface area (Å²) in [5.41, 5.74) is 2.13. The normalized spacial score (nSPS) is 15.2. The first-order chi connectivity index (χ1) is 17.9. The summed E-state index contributed by atoms with van der Waals surface area (Å²) in [6, 6.07) is 12.2. The summed E-state index contributed by atoms with van der Waals surface area (Å²) in [7, 11) is 4.46. The number of ether oxygens (including phenoxy) is 4. The maximum absolute atomic E-state index is 13.7. The molecule has 37 heavy (non-hydrogen) atoms. The van der Waals surface area contributed by atoms with Crippen LogP contribution in [0, 0.1) is 0 Å². The maximum Gasteiger partial charge on any atom is 0.338 e. The Labute approximate surface area is 219 Å². The Bertz CT molecular complexity index is 1500. The van der Waals surface area contributed by atoms with E-state index in [1.165, 1.54) is 18.4 Å². The van der Waals surface area contributed by atoms with Crippen LogP contribution in [0.15, 0.2) is 63.5 Å². The predicted octanol–water partition coefficient (Wildman–Crippen LogP) is 3.60. The average molecular weight is 523 g/mol. The molecule has 0 saturated heterocycles. The highest BCUT2D eigenvalue weighted by Crippen LogP contribution is 2.32. The first-order valence-corrected chi connectivity index (χ1v) is 12.8. The van der Waals surface area contributed by atoms with E-state index >= 15 is 0 Å². The maximum atomic E-state index is 13.7. The number of hydrogen-bond acceptors (Lipinski definition) is 8. The van der Waals surface area contributed by atoms with Crippen LogP contribution >= 0.6 is 11.3 Å². The molecule has 0 radical (unpaired) electrons. The largest absolute Gasteiger partial charge is 0.494 e. The van der Waals surface area contributed by atoms with Crippen LogP contribution in [0.1, 0.15) is 43.9 Å². The van der Waals surface area contributed by atoms with Gasteiger partial charge in [-0.05, 0) is 54.8 Å². The first kappa shape index (κ1) is 26.2. The van der Waals surface area contributed by atoms with Gasteiger partial charge in [-0.15, -0.1) is 0 Å². The third-order valence-corrected chi connectivity index (χ3v) is 7.08. The molecule has 1 aliphatic heterocycles. The van der Waals surface area contributed by atoms with Crippen molar-refractivity contribution in [1.82, 2.24) is 4.57 Å². The third kappa shape index (κ3) is 5.32. The average Bonchev–Trinajstić information content (AvgIpc) is 3.21. The molecule has 1 unspecified atom stereocenters. The van der Waals surface area contributed by atoms with E-state index in [1.807, 2.05) is 30.3 Å². The summed E-state index contributed by atoms with van der Waals surface area (Å²) in [6.07, 6.45) is 3.79. The van der Waals surface area contributed by atoms with E-state index in [0.29, 0.717) is 38.7 Å². The monoisotopic (exact) mass is 522 g/mol. The van der Waals surface area contributed by atoms with Crippen molar-refractivity contribution in [3.8, 4) is 17.2 Å². The van der Waals surface area contributed by atoms with Crippen LogP contribution in [0.3, 0.4) is 0 Å². The molecule has 0 saturated carbocycles. The number of rotatable bonds is 9. The van der Waals surface area contributed by atoms with Gasteiger partial charge in [-0.25, -0.2) is 9.79 Å². The number of nitrogens with zero attached hydrogens (tertiary/aromatic N) is 2. The zero-order chi connectivity index (χ0) is 26.5. The summed E-state index contributed by atoms with van der Waals surface area (Å²) >= 11 is 1.27. The molecule has 0 aliphatic carbocycles. The first-order valence-electron chi connectivity index (χ1n) is 12.0. The van der Waals surface area contributed by atoms with Crippen molar-refractivity contribution in [2.75, 3.05) is 27.9 Å². The summed E-state index contributed by atoms with van der Waals surface area (Å²) in [5.74, 6) is 1.37. The fourth-order valence-corrected chi connectivity index (χ4v) is 5.23. The minimum atomic E-state index is -0.680. The van der Waals surface area contributed by atoms with Crippen molar-refractivity contribution < 1.29 is 23.7 Å². The van der Waals surface area contributed by atoms with Gasteiger partial charge in [0.1, 0.15) is 5.75 Å². The van der Waals surface area contributed by atoms with Gasteiger partial charge in [0.25, 0.3) is 5.56 Å². The van der Waals surface area contributed by atoms with E-state index in [2.05, 4.69) is 11.9 Å². The number of allylic oxidation sites excluding steroid dienone is 1. The Kier molecular flexibility index (Phi) is 8.13. The zero-order valence-corrected chi connectivity index (χ0v) is 22.4. The van der Waals surface area contributed by atoms with Crippen molar-refractivity contribution in [2.24, 2.45) is 4.99 Å². The molecule has 194 valence electrons. The summed E-state index contributed by atoms with van der Waals surface area (Å²) in [6.45, 7) is 4.50. The molecular weight excluding hydrogens is 492 g/mol. The molecule has 2 heterocycles. The van der Waals surface area contributed by atoms with E-state index in [1.54, 1.807) is 43.9 Å². The van der Waals surface area contributed by atoms with E-state index in [9.17, 15) is 9.59 Å². The standard InChI is InChI=1S/C28H30N2O6S/c1-6-7-14-36-20-11-9-19(10-12-20)25-24(27(32)35-5)17(2)29-28-30(25)26(31)23(37-28)16-18-8-13-21(33-3)22(15-18)34-4/h8-13,15-16,25H,6-7,14H2,1-5H3/b23-16-. The summed E-state index contributed by atoms with van der Waals surface area (Å²) in [4.78, 5) is 31.7. The minimum absolute atomic E-state index is 0.249. The second-order valence-corrected chi connectivity index (χ2v) is 9.47. The molecule has 8 nitrogen and oxygen atoms in total. The molecule has 1 atom stereocenters. The number of fused-ring (bicyclic) bond motifs is 1. The van der Waals surface area contributed by atoms with Crippen LogP contribution in [0.25, 0.3) is 6.08 Å². The molecule has 2 aromatic carbocycles. The molecule has 0 fully saturated rings. The highest BCUT2D eigenvalue weighted by molar-refractivity contribution is 7.07. The SMILES string of the molecule is CCCCOc1ccc(C2C(C(=O)OC)=C(C)N=c3s/c(=C\c4ccc(OC)c(OC)c4)c(=O)n32)cc1. The lowest BCUT2D eigenvalue weighted by Crippen LogP contribution is -2.39. The van der Waals surface area contributed by atoms with Gasteiger partial charge in [0.2, 0.25) is 0 Å². The number of benzene rings is 2. The van der Waals surface area contributed by atoms with Gasteiger partial charge in [0, 0.05) is 0 Å². The highest BCUT2D eigenvalue weighted by Gasteiger charge is 2.33. The van der Waals surface area contributed by atoms with Crippen molar-refractivity contribution in [2.45, 2.75) is 32.7 Å². The smallest absolute Gasteiger partial charge is 0.338 e. The predicted molar refractivity (Wildman–Crippen MR) is 142 cm³/mol. The lowest BCUT2D eigenvalue weighted by molar-refractivity contribution is -0.136. The Morgan fingerprint density at radius 2 is 1.81 bits per heavy atom. The lowest BCUT2D eigenvalue weighted by atomic mass is 9.96. The Balaban J connectivity index is 1.83. The Morgan fingerprint density at radius 3 is 2.46 bits per heavy atom. The fraction of sp³-hybridized carbons (Fsp3) is 0.321. The summed E-state index contributed by atoms with van der Waals surface area (Å²) < 4.78 is 23.6. The Hall–Kier alpha value is -3.85. The number of esters is 1. The van der Waals surface area contributed by atoms with Crippen LogP contribution in [-0.2, 0) is 9.53 Å². The highest BCUT2D eigenvalue weighted by atomic mass is 32.1. The molecular formula is C28H30N2O6S. The second kappa shape index (κ2) is 11.5. The van der Waals surface area contributed by atoms with E-state index < -0.39 is 12.0 Å². The minimum Gasteiger partial charge on any atom is -0.494 e. The van der Waals surface area contributed by atoms with Crippen LogP contribution < -0.4 is 29.1 Å². The number of carbonyl (C=O) groups is 1. The van der Waals surface area contributed by atoms with Gasteiger partial charge in [-0.1, -0.05) is 42.9 Å². The van der Waals surface area contributed by atoms with E-state index in [0.717, 1.165) is 29.7 Å². The number of carbonyl (C=O) groups excluding carboxylic acids is 1. The molecule has 9 heteroatoms. The number of aromatic nitrogens is 1. The summed E-state index contributed by atoms with van der Waals surface area (Å²) in [5, 5.41) is 0. The van der Waals surface area contributed by atoms with Gasteiger partial charge >= 0.3 is 5.97 Å². The topological polar surface area (TPSA) is 88.4 Å². The van der Waals surface area contributed by atoms with Crippen LogP contribution in [0.2, 0.25) is 0 Å². The van der Waals surface area contributed by atoms with Crippen molar-refractivity contribution in [1.29, 1.82) is 0 Å². The molecule has 3 aromatic rings. The number of methoxy groups -OCH3 is 3. The van der Waals surface area contributed by atoms with E-state index in [-0.39, 0.29) is 5.56 Å². The van der Waals surface area contributed by atoms with Crippen LogP contribution in [-0.4, -0.2) is 38.5 Å². The molecule has 4 rings (SSSR count). The van der Waals surface area contributed by atoms with Gasteiger partial charge in [-0.2, -0.15) is 0 Å². The van der Waals surface area contributed by atoms with Gasteiger partial charge < -0.3 is 18.9 Å². The molecule has 0 amide bonds. The molecule has 1 aliphatic rings. The van der Waals surface area contributed by atoms with Crippen molar-refractivity contribution in [3.05, 3.63) is 84.5 Å². The number of unbranched alkanes of at least 4 members (excludes halogenated alkanes) is 1. The van der Waals surface area contributed by atoms with Crippen LogP contribution in [0.5, 0.6) is 17.2 Å². The lowest BCUT2D eigenvalue weighted by Gasteiger charge is -2.24.